The summed E-state index contributed by atoms with van der Waals surface area (Å²) in [5, 5.41) is 4.73. The molecule has 1 aromatic heterocycles. The predicted molar refractivity (Wildman–Crippen MR) is 161 cm³/mol. The Bertz CT molecular complexity index is 1430. The van der Waals surface area contributed by atoms with E-state index in [0.717, 1.165) is 22.3 Å². The van der Waals surface area contributed by atoms with Gasteiger partial charge in [-0.3, -0.25) is 4.79 Å². The van der Waals surface area contributed by atoms with E-state index in [9.17, 15) is 9.59 Å². The van der Waals surface area contributed by atoms with E-state index in [0.29, 0.717) is 66.9 Å². The maximum Gasteiger partial charge on any atom is 0.410 e. The van der Waals surface area contributed by atoms with Crippen LogP contribution in [0.5, 0.6) is 5.75 Å². The van der Waals surface area contributed by atoms with Gasteiger partial charge in [-0.1, -0.05) is 28.9 Å². The second-order valence-corrected chi connectivity index (χ2v) is 12.1. The number of carbonyl (C=O) groups is 2. The van der Waals surface area contributed by atoms with Gasteiger partial charge < -0.3 is 23.6 Å². The van der Waals surface area contributed by atoms with E-state index in [2.05, 4.69) is 10.1 Å². The summed E-state index contributed by atoms with van der Waals surface area (Å²) in [6, 6.07) is 9.14. The maximum atomic E-state index is 13.2. The number of hydrogen-bond acceptors (Lipinski definition) is 8. The molecule has 0 bridgehead atoms. The zero-order chi connectivity index (χ0) is 30.6. The minimum atomic E-state index is -0.616. The number of rotatable bonds is 9. The Hall–Kier alpha value is -3.59. The SMILES string of the molecule is CCOC(=O)CCCC1c2ccc(-c3noc(-c4ccc(OC(C)C)c(Cl)c4)n3)c(C)c2CCN1C(=O)OC(C)(C)C. The molecule has 4 rings (SSSR count). The minimum Gasteiger partial charge on any atom is -0.489 e. The average Bonchev–Trinajstić information content (AvgIpc) is 3.39. The number of esters is 1. The van der Waals surface area contributed by atoms with E-state index < -0.39 is 5.60 Å². The number of amides is 1. The number of fused-ring (bicyclic) bond motifs is 1. The summed E-state index contributed by atoms with van der Waals surface area (Å²) in [7, 11) is 0. The van der Waals surface area contributed by atoms with E-state index in [4.69, 9.17) is 30.3 Å². The Labute approximate surface area is 252 Å². The molecule has 42 heavy (non-hydrogen) atoms. The van der Waals surface area contributed by atoms with Crippen LogP contribution in [0.2, 0.25) is 5.02 Å². The van der Waals surface area contributed by atoms with Gasteiger partial charge in [0, 0.05) is 24.1 Å². The molecule has 1 aliphatic rings. The van der Waals surface area contributed by atoms with Crippen molar-refractivity contribution in [1.29, 1.82) is 0 Å². The van der Waals surface area contributed by atoms with Crippen LogP contribution in [0.3, 0.4) is 0 Å². The Kier molecular flexibility index (Phi) is 9.82. The van der Waals surface area contributed by atoms with E-state index in [1.165, 1.54) is 0 Å². The molecular formula is C32H40ClN3O6. The van der Waals surface area contributed by atoms with Crippen molar-refractivity contribution in [2.75, 3.05) is 13.2 Å². The second kappa shape index (κ2) is 13.2. The monoisotopic (exact) mass is 597 g/mol. The molecule has 0 saturated heterocycles. The largest absolute Gasteiger partial charge is 0.489 e. The molecule has 0 aliphatic carbocycles. The molecule has 1 amide bonds. The van der Waals surface area contributed by atoms with Crippen LogP contribution in [-0.4, -0.2) is 52.0 Å². The average molecular weight is 598 g/mol. The Morgan fingerprint density at radius 2 is 1.95 bits per heavy atom. The maximum absolute atomic E-state index is 13.2. The van der Waals surface area contributed by atoms with Crippen LogP contribution < -0.4 is 4.74 Å². The second-order valence-electron chi connectivity index (χ2n) is 11.7. The van der Waals surface area contributed by atoms with Crippen LogP contribution in [0.15, 0.2) is 34.9 Å². The first-order valence-electron chi connectivity index (χ1n) is 14.5. The molecular weight excluding hydrogens is 558 g/mol. The van der Waals surface area contributed by atoms with Gasteiger partial charge in [0.1, 0.15) is 11.4 Å². The van der Waals surface area contributed by atoms with Gasteiger partial charge in [0.25, 0.3) is 5.89 Å². The van der Waals surface area contributed by atoms with Crippen molar-refractivity contribution >= 4 is 23.7 Å². The molecule has 2 heterocycles. The number of nitrogens with zero attached hydrogens (tertiary/aromatic N) is 3. The summed E-state index contributed by atoms with van der Waals surface area (Å²) < 4.78 is 22.2. The number of halogens is 1. The van der Waals surface area contributed by atoms with E-state index in [1.54, 1.807) is 24.0 Å². The van der Waals surface area contributed by atoms with Gasteiger partial charge in [-0.25, -0.2) is 4.79 Å². The normalized spacial score (nSPS) is 15.0. The summed E-state index contributed by atoms with van der Waals surface area (Å²) in [4.78, 5) is 31.7. The van der Waals surface area contributed by atoms with Gasteiger partial charge in [0.15, 0.2) is 0 Å². The van der Waals surface area contributed by atoms with Gasteiger partial charge in [-0.2, -0.15) is 4.98 Å². The molecule has 3 aromatic rings. The summed E-state index contributed by atoms with van der Waals surface area (Å²) in [6.45, 7) is 14.1. The quantitative estimate of drug-likeness (QED) is 0.231. The molecule has 2 aromatic carbocycles. The Balaban J connectivity index is 1.62. The molecule has 0 spiro atoms. The molecule has 226 valence electrons. The van der Waals surface area contributed by atoms with Crippen LogP contribution in [0.25, 0.3) is 22.8 Å². The standard InChI is InChI=1S/C32H40ClN3O6/c1-8-39-28(37)11-9-10-26-24-14-13-23(20(4)22(24)16-17-36(26)31(38)41-32(5,6)7)29-34-30(42-35-29)21-12-15-27(25(33)18-21)40-19(2)3/h12-15,18-19,26H,8-11,16-17H2,1-7H3. The van der Waals surface area contributed by atoms with Crippen LogP contribution in [-0.2, 0) is 20.7 Å². The fourth-order valence-electron chi connectivity index (χ4n) is 5.18. The molecule has 0 saturated carbocycles. The van der Waals surface area contributed by atoms with Crippen molar-refractivity contribution in [1.82, 2.24) is 15.0 Å². The zero-order valence-electron chi connectivity index (χ0n) is 25.5. The lowest BCUT2D eigenvalue weighted by atomic mass is 9.85. The van der Waals surface area contributed by atoms with Gasteiger partial charge >= 0.3 is 12.1 Å². The number of hydrogen-bond donors (Lipinski definition) is 0. The lowest BCUT2D eigenvalue weighted by Crippen LogP contribution is -2.43. The highest BCUT2D eigenvalue weighted by Crippen LogP contribution is 2.39. The van der Waals surface area contributed by atoms with Crippen LogP contribution in [0.4, 0.5) is 4.79 Å². The zero-order valence-corrected chi connectivity index (χ0v) is 26.2. The Morgan fingerprint density at radius 3 is 2.62 bits per heavy atom. The van der Waals surface area contributed by atoms with Gasteiger partial charge in [0.05, 0.1) is 23.8 Å². The smallest absolute Gasteiger partial charge is 0.410 e. The minimum absolute atomic E-state index is 0.00344. The number of ether oxygens (including phenoxy) is 3. The van der Waals surface area contributed by atoms with Crippen molar-refractivity contribution < 1.29 is 28.3 Å². The first-order chi connectivity index (χ1) is 19.9. The van der Waals surface area contributed by atoms with E-state index >= 15 is 0 Å². The topological polar surface area (TPSA) is 104 Å². The summed E-state index contributed by atoms with van der Waals surface area (Å²) in [5.74, 6) is 1.18. The third-order valence-electron chi connectivity index (χ3n) is 6.97. The Morgan fingerprint density at radius 1 is 1.19 bits per heavy atom. The highest BCUT2D eigenvalue weighted by Gasteiger charge is 2.35. The molecule has 9 nitrogen and oxygen atoms in total. The van der Waals surface area contributed by atoms with Crippen molar-refractivity contribution in [2.45, 2.75) is 91.9 Å². The first kappa shape index (κ1) is 31.3. The third-order valence-corrected chi connectivity index (χ3v) is 7.27. The molecule has 1 atom stereocenters. The number of carbonyl (C=O) groups excluding carboxylic acids is 2. The van der Waals surface area contributed by atoms with Crippen molar-refractivity contribution in [3.63, 3.8) is 0 Å². The van der Waals surface area contributed by atoms with Crippen molar-refractivity contribution in [2.24, 2.45) is 0 Å². The summed E-state index contributed by atoms with van der Waals surface area (Å²) in [6.07, 6.45) is 1.78. The molecule has 0 radical (unpaired) electrons. The fraction of sp³-hybridized carbons (Fsp3) is 0.500. The lowest BCUT2D eigenvalue weighted by molar-refractivity contribution is -0.143. The highest BCUT2D eigenvalue weighted by molar-refractivity contribution is 6.32. The molecule has 1 unspecified atom stereocenters. The molecule has 0 N–H and O–H groups in total. The summed E-state index contributed by atoms with van der Waals surface area (Å²) in [5.41, 5.74) is 4.13. The number of aromatic nitrogens is 2. The molecule has 1 aliphatic heterocycles. The first-order valence-corrected chi connectivity index (χ1v) is 14.8. The van der Waals surface area contributed by atoms with Crippen molar-refractivity contribution in [3.8, 4) is 28.6 Å². The van der Waals surface area contributed by atoms with Crippen LogP contribution >= 0.6 is 11.6 Å². The summed E-state index contributed by atoms with van der Waals surface area (Å²) >= 11 is 6.43. The van der Waals surface area contributed by atoms with E-state index in [-0.39, 0.29) is 24.2 Å². The van der Waals surface area contributed by atoms with Crippen molar-refractivity contribution in [3.05, 3.63) is 52.0 Å². The highest BCUT2D eigenvalue weighted by atomic mass is 35.5. The lowest BCUT2D eigenvalue weighted by Gasteiger charge is -2.39. The van der Waals surface area contributed by atoms with Crippen LogP contribution in [0, 0.1) is 6.92 Å². The molecule has 0 fully saturated rings. The van der Waals surface area contributed by atoms with Gasteiger partial charge in [-0.05, 0) is 103 Å². The fourth-order valence-corrected chi connectivity index (χ4v) is 5.40. The number of benzene rings is 2. The van der Waals surface area contributed by atoms with Crippen LogP contribution in [0.1, 0.15) is 83.5 Å². The predicted octanol–water partition coefficient (Wildman–Crippen LogP) is 7.72. The van der Waals surface area contributed by atoms with Gasteiger partial charge in [0.2, 0.25) is 5.82 Å². The molecule has 10 heteroatoms. The van der Waals surface area contributed by atoms with E-state index in [1.807, 2.05) is 59.7 Å². The van der Waals surface area contributed by atoms with Gasteiger partial charge in [-0.15, -0.1) is 0 Å². The third kappa shape index (κ3) is 7.43.